The van der Waals surface area contributed by atoms with E-state index in [-0.39, 0.29) is 11.8 Å². The molecule has 1 aromatic heterocycles. The van der Waals surface area contributed by atoms with Crippen LogP contribution in [0.1, 0.15) is 36.0 Å². The Bertz CT molecular complexity index is 787. The highest BCUT2D eigenvalue weighted by Crippen LogP contribution is 2.12. The predicted octanol–water partition coefficient (Wildman–Crippen LogP) is 3.25. The van der Waals surface area contributed by atoms with E-state index in [1.807, 2.05) is 25.1 Å². The molecular formula is C20H24N2O4S. The molecule has 1 heterocycles. The van der Waals surface area contributed by atoms with Gasteiger partial charge in [0.2, 0.25) is 0 Å². The molecule has 0 saturated carbocycles. The molecule has 0 aliphatic heterocycles. The Hall–Kier alpha value is -2.67. The maximum atomic E-state index is 12.3. The average molecular weight is 388 g/mol. The van der Waals surface area contributed by atoms with Gasteiger partial charge in [-0.1, -0.05) is 39.0 Å². The highest BCUT2D eigenvalue weighted by molar-refractivity contribution is 7.12. The van der Waals surface area contributed by atoms with Gasteiger partial charge in [0.05, 0.1) is 4.88 Å². The molecule has 0 fully saturated rings. The zero-order valence-electron chi connectivity index (χ0n) is 15.7. The maximum Gasteiger partial charge on any atom is 0.329 e. The normalized spacial score (nSPS) is 11.7. The van der Waals surface area contributed by atoms with Gasteiger partial charge in [-0.3, -0.25) is 9.59 Å². The number of amides is 2. The van der Waals surface area contributed by atoms with Crippen LogP contribution < -0.4 is 10.6 Å². The Balaban J connectivity index is 1.89. The zero-order valence-corrected chi connectivity index (χ0v) is 16.5. The van der Waals surface area contributed by atoms with E-state index in [0.29, 0.717) is 10.6 Å². The van der Waals surface area contributed by atoms with Crippen LogP contribution in [0.5, 0.6) is 0 Å². The molecule has 2 aromatic rings. The van der Waals surface area contributed by atoms with Gasteiger partial charge in [-0.2, -0.15) is 0 Å². The van der Waals surface area contributed by atoms with Gasteiger partial charge in [0.15, 0.2) is 6.61 Å². The summed E-state index contributed by atoms with van der Waals surface area (Å²) >= 11 is 1.29. The van der Waals surface area contributed by atoms with Crippen LogP contribution in [0.15, 0.2) is 41.8 Å². The van der Waals surface area contributed by atoms with E-state index >= 15 is 0 Å². The lowest BCUT2D eigenvalue weighted by atomic mass is 10.0. The number of ether oxygens (including phenoxy) is 1. The number of anilines is 1. The highest BCUT2D eigenvalue weighted by atomic mass is 32.1. The lowest BCUT2D eigenvalue weighted by Crippen LogP contribution is -2.45. The Morgan fingerprint density at radius 3 is 2.56 bits per heavy atom. The number of thiophene rings is 1. The van der Waals surface area contributed by atoms with Crippen molar-refractivity contribution in [2.45, 2.75) is 33.2 Å². The number of nitrogens with one attached hydrogen (secondary N) is 2. The standard InChI is InChI=1S/C20H24N2O4S/c1-4-14-7-5-8-15(11-14)21-17(23)12-26-20(25)18(13(2)3)22-19(24)16-9-6-10-27-16/h5-11,13,18H,4,12H2,1-3H3,(H,21,23)(H,22,24). The number of carbonyl (C=O) groups excluding carboxylic acids is 3. The van der Waals surface area contributed by atoms with E-state index in [9.17, 15) is 14.4 Å². The van der Waals surface area contributed by atoms with E-state index in [0.717, 1.165) is 12.0 Å². The summed E-state index contributed by atoms with van der Waals surface area (Å²) in [5.41, 5.74) is 1.75. The molecule has 2 rings (SSSR count). The number of benzene rings is 1. The molecule has 1 atom stereocenters. The van der Waals surface area contributed by atoms with Gasteiger partial charge in [-0.25, -0.2) is 4.79 Å². The third kappa shape index (κ3) is 6.21. The van der Waals surface area contributed by atoms with Crippen LogP contribution in [0, 0.1) is 5.92 Å². The van der Waals surface area contributed by atoms with Crippen LogP contribution in [0.4, 0.5) is 5.69 Å². The van der Waals surface area contributed by atoms with Crippen molar-refractivity contribution in [1.82, 2.24) is 5.32 Å². The quantitative estimate of drug-likeness (QED) is 0.680. The van der Waals surface area contributed by atoms with Crippen LogP contribution in [-0.4, -0.2) is 30.4 Å². The van der Waals surface area contributed by atoms with Gasteiger partial charge >= 0.3 is 5.97 Å². The van der Waals surface area contributed by atoms with Crippen molar-refractivity contribution in [1.29, 1.82) is 0 Å². The maximum absolute atomic E-state index is 12.3. The first-order valence-corrected chi connectivity index (χ1v) is 9.68. The number of rotatable bonds is 8. The lowest BCUT2D eigenvalue weighted by molar-refractivity contribution is -0.150. The van der Waals surface area contributed by atoms with Crippen LogP contribution in [0.3, 0.4) is 0 Å². The summed E-state index contributed by atoms with van der Waals surface area (Å²) in [7, 11) is 0. The van der Waals surface area contributed by atoms with E-state index in [4.69, 9.17) is 4.74 Å². The molecular weight excluding hydrogens is 364 g/mol. The molecule has 2 N–H and O–H groups in total. The topological polar surface area (TPSA) is 84.5 Å². The third-order valence-corrected chi connectivity index (χ3v) is 4.79. The van der Waals surface area contributed by atoms with Crippen molar-refractivity contribution in [2.24, 2.45) is 5.92 Å². The fraction of sp³-hybridized carbons (Fsp3) is 0.350. The fourth-order valence-corrected chi connectivity index (χ4v) is 3.04. The van der Waals surface area contributed by atoms with Crippen LogP contribution in [0.2, 0.25) is 0 Å². The minimum Gasteiger partial charge on any atom is -0.454 e. The first-order chi connectivity index (χ1) is 12.9. The Morgan fingerprint density at radius 1 is 1.15 bits per heavy atom. The molecule has 0 bridgehead atoms. The predicted molar refractivity (Wildman–Crippen MR) is 106 cm³/mol. The van der Waals surface area contributed by atoms with Crippen LogP contribution in [-0.2, 0) is 20.7 Å². The Kier molecular flexibility index (Phi) is 7.55. The van der Waals surface area contributed by atoms with E-state index in [1.54, 1.807) is 37.4 Å². The summed E-state index contributed by atoms with van der Waals surface area (Å²) in [4.78, 5) is 37.1. The first kappa shape index (κ1) is 20.6. The van der Waals surface area contributed by atoms with Crippen LogP contribution >= 0.6 is 11.3 Å². The summed E-state index contributed by atoms with van der Waals surface area (Å²) in [6, 6.07) is 10.1. The second-order valence-corrected chi connectivity index (χ2v) is 7.33. The monoisotopic (exact) mass is 388 g/mol. The molecule has 2 amide bonds. The number of hydrogen-bond acceptors (Lipinski definition) is 5. The van der Waals surface area contributed by atoms with Crippen molar-refractivity contribution in [3.05, 3.63) is 52.2 Å². The van der Waals surface area contributed by atoms with Crippen LogP contribution in [0.25, 0.3) is 0 Å². The number of hydrogen-bond donors (Lipinski definition) is 2. The summed E-state index contributed by atoms with van der Waals surface area (Å²) in [5, 5.41) is 7.16. The number of carbonyl (C=O) groups is 3. The number of esters is 1. The van der Waals surface area contributed by atoms with Gasteiger partial charge in [-0.15, -0.1) is 11.3 Å². The molecule has 1 aromatic carbocycles. The Labute approximate surface area is 162 Å². The highest BCUT2D eigenvalue weighted by Gasteiger charge is 2.27. The van der Waals surface area contributed by atoms with Gasteiger partial charge < -0.3 is 15.4 Å². The molecule has 6 nitrogen and oxygen atoms in total. The number of aryl methyl sites for hydroxylation is 1. The average Bonchev–Trinajstić information content (AvgIpc) is 3.18. The molecule has 0 saturated heterocycles. The van der Waals surface area contributed by atoms with E-state index < -0.39 is 24.5 Å². The molecule has 0 aliphatic rings. The summed E-state index contributed by atoms with van der Waals surface area (Å²) in [6.45, 7) is 5.22. The lowest BCUT2D eigenvalue weighted by Gasteiger charge is -2.20. The summed E-state index contributed by atoms with van der Waals surface area (Å²) < 4.78 is 5.11. The molecule has 0 radical (unpaired) electrons. The summed E-state index contributed by atoms with van der Waals surface area (Å²) in [5.74, 6) is -1.57. The van der Waals surface area contributed by atoms with Gasteiger partial charge in [0.1, 0.15) is 6.04 Å². The molecule has 144 valence electrons. The molecule has 0 spiro atoms. The van der Waals surface area contributed by atoms with Crippen molar-refractivity contribution < 1.29 is 19.1 Å². The largest absolute Gasteiger partial charge is 0.454 e. The molecule has 7 heteroatoms. The smallest absolute Gasteiger partial charge is 0.329 e. The SMILES string of the molecule is CCc1cccc(NC(=O)COC(=O)C(NC(=O)c2cccs2)C(C)C)c1. The zero-order chi connectivity index (χ0) is 19.8. The van der Waals surface area contributed by atoms with E-state index in [2.05, 4.69) is 10.6 Å². The van der Waals surface area contributed by atoms with Crippen molar-refractivity contribution in [3.63, 3.8) is 0 Å². The van der Waals surface area contributed by atoms with Gasteiger partial charge in [0.25, 0.3) is 11.8 Å². The van der Waals surface area contributed by atoms with Gasteiger partial charge in [-0.05, 0) is 41.5 Å². The minimum absolute atomic E-state index is 0.175. The molecule has 27 heavy (non-hydrogen) atoms. The second kappa shape index (κ2) is 9.87. The minimum atomic E-state index is -0.823. The first-order valence-electron chi connectivity index (χ1n) is 8.80. The summed E-state index contributed by atoms with van der Waals surface area (Å²) in [6.07, 6.45) is 0.860. The fourth-order valence-electron chi connectivity index (χ4n) is 2.41. The van der Waals surface area contributed by atoms with Crippen molar-refractivity contribution in [2.75, 3.05) is 11.9 Å². The molecule has 0 aliphatic carbocycles. The third-order valence-electron chi connectivity index (χ3n) is 3.92. The van der Waals surface area contributed by atoms with Gasteiger partial charge in [0, 0.05) is 5.69 Å². The van der Waals surface area contributed by atoms with Crippen molar-refractivity contribution >= 4 is 34.8 Å². The van der Waals surface area contributed by atoms with E-state index in [1.165, 1.54) is 11.3 Å². The second-order valence-electron chi connectivity index (χ2n) is 6.38. The van der Waals surface area contributed by atoms with Crippen molar-refractivity contribution in [3.8, 4) is 0 Å². The Morgan fingerprint density at radius 2 is 1.93 bits per heavy atom. The molecule has 1 unspecified atom stereocenters.